The van der Waals surface area contributed by atoms with Gasteiger partial charge in [0, 0.05) is 32.7 Å². The molecule has 3 atom stereocenters. The van der Waals surface area contributed by atoms with Crippen LogP contribution in [0.4, 0.5) is 0 Å². The number of benzene rings is 1. The van der Waals surface area contributed by atoms with Crippen molar-refractivity contribution in [3.63, 3.8) is 0 Å². The molecule has 1 aliphatic heterocycles. The van der Waals surface area contributed by atoms with Crippen LogP contribution < -0.4 is 5.32 Å². The van der Waals surface area contributed by atoms with Gasteiger partial charge in [-0.05, 0) is 32.0 Å². The number of methoxy groups -OCH3 is 1. The van der Waals surface area contributed by atoms with Crippen LogP contribution in [0.3, 0.4) is 0 Å². The lowest BCUT2D eigenvalue weighted by Gasteiger charge is -2.28. The van der Waals surface area contributed by atoms with E-state index in [1.54, 1.807) is 7.05 Å². The number of esters is 1. The fourth-order valence-corrected chi connectivity index (χ4v) is 3.46. The molecule has 6 nitrogen and oxygen atoms in total. The highest BCUT2D eigenvalue weighted by atomic mass is 127. The Kier molecular flexibility index (Phi) is 10.1. The number of likely N-dealkylation sites (N-methyl/N-ethyl adjacent to an activating group) is 1. The maximum atomic E-state index is 11.9. The van der Waals surface area contributed by atoms with Gasteiger partial charge in [0.15, 0.2) is 5.96 Å². The predicted octanol–water partition coefficient (Wildman–Crippen LogP) is 2.09. The lowest BCUT2D eigenvalue weighted by atomic mass is 9.99. The molecule has 1 aliphatic rings. The van der Waals surface area contributed by atoms with Gasteiger partial charge in [-0.1, -0.05) is 37.3 Å². The van der Waals surface area contributed by atoms with Crippen LogP contribution >= 0.6 is 24.0 Å². The molecule has 0 saturated carbocycles. The van der Waals surface area contributed by atoms with Crippen LogP contribution in [0, 0.1) is 11.8 Å². The van der Waals surface area contributed by atoms with Crippen molar-refractivity contribution in [3.05, 3.63) is 35.9 Å². The van der Waals surface area contributed by atoms with Gasteiger partial charge in [0.1, 0.15) is 0 Å². The van der Waals surface area contributed by atoms with E-state index in [-0.39, 0.29) is 41.8 Å². The molecular formula is C20H33IN4O2. The molecule has 7 heteroatoms. The van der Waals surface area contributed by atoms with E-state index in [9.17, 15) is 4.79 Å². The largest absolute Gasteiger partial charge is 0.469 e. The Hall–Kier alpha value is -1.35. The Bertz CT molecular complexity index is 609. The van der Waals surface area contributed by atoms with E-state index in [2.05, 4.69) is 65.4 Å². The SMILES string of the molecule is CN=C(NCC(Cc1ccccc1)N(C)C)N1CC(C)C(C(=O)OC)C1.I. The maximum Gasteiger partial charge on any atom is 0.310 e. The number of nitrogens with zero attached hydrogens (tertiary/aromatic N) is 3. The number of guanidine groups is 1. The van der Waals surface area contributed by atoms with Crippen molar-refractivity contribution >= 4 is 35.9 Å². The van der Waals surface area contributed by atoms with Crippen LogP contribution in [0.2, 0.25) is 0 Å². The van der Waals surface area contributed by atoms with Crippen molar-refractivity contribution in [2.75, 3.05) is 47.9 Å². The molecule has 1 heterocycles. The number of carbonyl (C=O) groups excluding carboxylic acids is 1. The Morgan fingerprint density at radius 3 is 2.56 bits per heavy atom. The quantitative estimate of drug-likeness (QED) is 0.288. The van der Waals surface area contributed by atoms with Crippen LogP contribution in [0.15, 0.2) is 35.3 Å². The summed E-state index contributed by atoms with van der Waals surface area (Å²) in [7, 11) is 7.45. The van der Waals surface area contributed by atoms with Gasteiger partial charge in [0.2, 0.25) is 0 Å². The second kappa shape index (κ2) is 11.5. The van der Waals surface area contributed by atoms with E-state index in [1.807, 2.05) is 6.07 Å². The van der Waals surface area contributed by atoms with E-state index in [4.69, 9.17) is 4.74 Å². The molecule has 152 valence electrons. The summed E-state index contributed by atoms with van der Waals surface area (Å²) in [5, 5.41) is 3.49. The molecular weight excluding hydrogens is 455 g/mol. The van der Waals surface area contributed by atoms with Gasteiger partial charge in [0.05, 0.1) is 13.0 Å². The monoisotopic (exact) mass is 488 g/mol. The number of ether oxygens (including phenoxy) is 1. The summed E-state index contributed by atoms with van der Waals surface area (Å²) in [6, 6.07) is 10.9. The van der Waals surface area contributed by atoms with Gasteiger partial charge in [0.25, 0.3) is 0 Å². The lowest BCUT2D eigenvalue weighted by Crippen LogP contribution is -2.47. The normalized spacial score (nSPS) is 21.0. The molecule has 0 bridgehead atoms. The fraction of sp³-hybridized carbons (Fsp3) is 0.600. The summed E-state index contributed by atoms with van der Waals surface area (Å²) in [6.07, 6.45) is 0.971. The van der Waals surface area contributed by atoms with Gasteiger partial charge in [-0.25, -0.2) is 0 Å². The zero-order valence-corrected chi connectivity index (χ0v) is 19.3. The number of nitrogens with one attached hydrogen (secondary N) is 1. The zero-order valence-electron chi connectivity index (χ0n) is 17.0. The second-order valence-electron chi connectivity index (χ2n) is 7.25. The number of carbonyl (C=O) groups is 1. The summed E-state index contributed by atoms with van der Waals surface area (Å²) in [6.45, 7) is 4.35. The first kappa shape index (κ1) is 23.7. The molecule has 0 aliphatic carbocycles. The number of hydrogen-bond acceptors (Lipinski definition) is 4. The predicted molar refractivity (Wildman–Crippen MR) is 121 cm³/mol. The van der Waals surface area contributed by atoms with E-state index in [1.165, 1.54) is 12.7 Å². The Morgan fingerprint density at radius 2 is 2.00 bits per heavy atom. The minimum absolute atomic E-state index is 0. The standard InChI is InChI=1S/C20H32N4O2.HI/c1-15-13-24(14-18(15)19(25)26-5)20(21-2)22-12-17(23(3)4)11-16-9-7-6-8-10-16;/h6-10,15,17-18H,11-14H2,1-5H3,(H,21,22);1H. The topological polar surface area (TPSA) is 57.2 Å². The highest BCUT2D eigenvalue weighted by Gasteiger charge is 2.36. The van der Waals surface area contributed by atoms with Crippen LogP contribution in [-0.2, 0) is 16.0 Å². The fourth-order valence-electron chi connectivity index (χ4n) is 3.46. The van der Waals surface area contributed by atoms with Crippen molar-refractivity contribution in [2.24, 2.45) is 16.8 Å². The first-order valence-corrected chi connectivity index (χ1v) is 9.20. The average Bonchev–Trinajstić information content (AvgIpc) is 3.02. The third-order valence-electron chi connectivity index (χ3n) is 5.17. The average molecular weight is 488 g/mol. The summed E-state index contributed by atoms with van der Waals surface area (Å²) in [4.78, 5) is 20.7. The first-order chi connectivity index (χ1) is 12.5. The van der Waals surface area contributed by atoms with Crippen molar-refractivity contribution in [3.8, 4) is 0 Å². The van der Waals surface area contributed by atoms with Gasteiger partial charge in [-0.15, -0.1) is 24.0 Å². The summed E-state index contributed by atoms with van der Waals surface area (Å²) in [5.74, 6) is 0.886. The lowest BCUT2D eigenvalue weighted by molar-refractivity contribution is -0.145. The van der Waals surface area contributed by atoms with Crippen molar-refractivity contribution in [1.29, 1.82) is 0 Å². The molecule has 1 N–H and O–H groups in total. The molecule has 0 amide bonds. The molecule has 3 unspecified atom stereocenters. The van der Waals surface area contributed by atoms with Crippen LogP contribution in [0.5, 0.6) is 0 Å². The summed E-state index contributed by atoms with van der Waals surface area (Å²) >= 11 is 0. The number of likely N-dealkylation sites (tertiary alicyclic amines) is 1. The van der Waals surface area contributed by atoms with Gasteiger partial charge >= 0.3 is 5.97 Å². The minimum Gasteiger partial charge on any atom is -0.469 e. The Balaban J connectivity index is 0.00000364. The molecule has 27 heavy (non-hydrogen) atoms. The van der Waals surface area contributed by atoms with Crippen LogP contribution in [0.25, 0.3) is 0 Å². The van der Waals surface area contributed by atoms with E-state index < -0.39 is 0 Å². The maximum absolute atomic E-state index is 11.9. The zero-order chi connectivity index (χ0) is 19.1. The molecule has 1 saturated heterocycles. The van der Waals surface area contributed by atoms with Crippen molar-refractivity contribution in [2.45, 2.75) is 19.4 Å². The second-order valence-corrected chi connectivity index (χ2v) is 7.25. The molecule has 1 aromatic rings. The highest BCUT2D eigenvalue weighted by molar-refractivity contribution is 14.0. The molecule has 0 aromatic heterocycles. The number of halogens is 1. The molecule has 0 spiro atoms. The molecule has 0 radical (unpaired) electrons. The number of aliphatic imine (C=N–C) groups is 1. The third kappa shape index (κ3) is 6.64. The number of rotatable bonds is 6. The molecule has 1 aromatic carbocycles. The van der Waals surface area contributed by atoms with Gasteiger partial charge in [-0.3, -0.25) is 9.79 Å². The number of hydrogen-bond donors (Lipinski definition) is 1. The van der Waals surface area contributed by atoms with Gasteiger partial charge in [-0.2, -0.15) is 0 Å². The third-order valence-corrected chi connectivity index (χ3v) is 5.17. The summed E-state index contributed by atoms with van der Waals surface area (Å²) < 4.78 is 4.93. The van der Waals surface area contributed by atoms with E-state index >= 15 is 0 Å². The minimum atomic E-state index is -0.134. The van der Waals surface area contributed by atoms with Crippen molar-refractivity contribution < 1.29 is 9.53 Å². The van der Waals surface area contributed by atoms with Crippen LogP contribution in [-0.4, -0.2) is 75.7 Å². The Labute approximate surface area is 180 Å². The molecule has 2 rings (SSSR count). The molecule has 1 fully saturated rings. The summed E-state index contributed by atoms with van der Waals surface area (Å²) in [5.41, 5.74) is 1.32. The highest BCUT2D eigenvalue weighted by Crippen LogP contribution is 2.24. The van der Waals surface area contributed by atoms with E-state index in [0.29, 0.717) is 12.6 Å². The van der Waals surface area contributed by atoms with E-state index in [0.717, 1.165) is 25.5 Å². The van der Waals surface area contributed by atoms with Gasteiger partial charge < -0.3 is 19.9 Å². The Morgan fingerprint density at radius 1 is 1.33 bits per heavy atom. The smallest absolute Gasteiger partial charge is 0.310 e. The van der Waals surface area contributed by atoms with Crippen LogP contribution in [0.1, 0.15) is 12.5 Å². The van der Waals surface area contributed by atoms with Crippen molar-refractivity contribution in [1.82, 2.24) is 15.1 Å². The first-order valence-electron chi connectivity index (χ1n) is 9.20.